The molecule has 2 rings (SSSR count). The number of benzene rings is 1. The Balaban J connectivity index is 2.25. The predicted molar refractivity (Wildman–Crippen MR) is 67.5 cm³/mol. The highest BCUT2D eigenvalue weighted by molar-refractivity contribution is 5.95. The van der Waals surface area contributed by atoms with Crippen LogP contribution in [0.5, 0.6) is 5.75 Å². The number of rotatable bonds is 2. The van der Waals surface area contributed by atoms with E-state index in [2.05, 4.69) is 5.32 Å². The first-order valence-corrected chi connectivity index (χ1v) is 5.97. The van der Waals surface area contributed by atoms with Crippen LogP contribution in [-0.4, -0.2) is 32.7 Å². The molecule has 1 aromatic rings. The van der Waals surface area contributed by atoms with Gasteiger partial charge in [-0.15, -0.1) is 0 Å². The molecule has 0 atom stereocenters. The van der Waals surface area contributed by atoms with E-state index in [1.54, 1.807) is 7.11 Å². The normalized spacial score (nSPS) is 17.5. The molecule has 1 N–H and O–H groups in total. The van der Waals surface area contributed by atoms with E-state index in [0.29, 0.717) is 6.42 Å². The van der Waals surface area contributed by atoms with E-state index >= 15 is 0 Å². The van der Waals surface area contributed by atoms with Gasteiger partial charge in [0.25, 0.3) is 0 Å². The van der Waals surface area contributed by atoms with Crippen molar-refractivity contribution in [2.45, 2.75) is 12.8 Å². The SMILES string of the molecule is COc1ccccc1N1CCCNCCC1=O. The highest BCUT2D eigenvalue weighted by Gasteiger charge is 2.19. The Bertz CT molecular complexity index is 393. The van der Waals surface area contributed by atoms with Crippen LogP contribution >= 0.6 is 0 Å². The second-order valence-electron chi connectivity index (χ2n) is 4.07. The van der Waals surface area contributed by atoms with Crippen molar-refractivity contribution >= 4 is 11.6 Å². The van der Waals surface area contributed by atoms with Crippen LogP contribution in [0.15, 0.2) is 24.3 Å². The summed E-state index contributed by atoms with van der Waals surface area (Å²) < 4.78 is 5.31. The third-order valence-electron chi connectivity index (χ3n) is 2.93. The minimum Gasteiger partial charge on any atom is -0.495 e. The minimum atomic E-state index is 0.154. The molecule has 1 aromatic carbocycles. The maximum atomic E-state index is 12.1. The molecule has 0 bridgehead atoms. The van der Waals surface area contributed by atoms with E-state index in [9.17, 15) is 4.79 Å². The molecule has 1 amide bonds. The largest absolute Gasteiger partial charge is 0.495 e. The molecule has 1 fully saturated rings. The van der Waals surface area contributed by atoms with Crippen LogP contribution in [0.2, 0.25) is 0 Å². The number of hydrogen-bond acceptors (Lipinski definition) is 3. The van der Waals surface area contributed by atoms with Gasteiger partial charge in [0, 0.05) is 19.5 Å². The maximum Gasteiger partial charge on any atom is 0.228 e. The number of carbonyl (C=O) groups excluding carboxylic acids is 1. The first kappa shape index (κ1) is 11.9. The summed E-state index contributed by atoms with van der Waals surface area (Å²) in [7, 11) is 1.63. The highest BCUT2D eigenvalue weighted by Crippen LogP contribution is 2.28. The van der Waals surface area contributed by atoms with Gasteiger partial charge in [0.2, 0.25) is 5.91 Å². The van der Waals surface area contributed by atoms with Crippen molar-refractivity contribution in [3.05, 3.63) is 24.3 Å². The van der Waals surface area contributed by atoms with Crippen molar-refractivity contribution in [1.82, 2.24) is 5.32 Å². The molecule has 0 unspecified atom stereocenters. The summed E-state index contributed by atoms with van der Waals surface area (Å²) in [6, 6.07) is 7.67. The highest BCUT2D eigenvalue weighted by atomic mass is 16.5. The lowest BCUT2D eigenvalue weighted by atomic mass is 10.2. The molecule has 1 saturated heterocycles. The van der Waals surface area contributed by atoms with Gasteiger partial charge in [0.15, 0.2) is 0 Å². The fraction of sp³-hybridized carbons (Fsp3) is 0.462. The lowest BCUT2D eigenvalue weighted by Gasteiger charge is -2.26. The summed E-state index contributed by atoms with van der Waals surface area (Å²) in [5.41, 5.74) is 0.877. The monoisotopic (exact) mass is 234 g/mol. The van der Waals surface area contributed by atoms with Gasteiger partial charge < -0.3 is 15.0 Å². The predicted octanol–water partition coefficient (Wildman–Crippen LogP) is 1.41. The second kappa shape index (κ2) is 5.68. The average Bonchev–Trinajstić information content (AvgIpc) is 2.35. The Morgan fingerprint density at radius 1 is 1.29 bits per heavy atom. The topological polar surface area (TPSA) is 41.6 Å². The number of methoxy groups -OCH3 is 1. The van der Waals surface area contributed by atoms with Gasteiger partial charge in [-0.25, -0.2) is 0 Å². The summed E-state index contributed by atoms with van der Waals surface area (Å²) >= 11 is 0. The van der Waals surface area contributed by atoms with E-state index in [1.807, 2.05) is 29.2 Å². The third-order valence-corrected chi connectivity index (χ3v) is 2.93. The minimum absolute atomic E-state index is 0.154. The zero-order valence-corrected chi connectivity index (χ0v) is 10.1. The molecule has 0 radical (unpaired) electrons. The number of anilines is 1. The van der Waals surface area contributed by atoms with E-state index < -0.39 is 0 Å². The molecule has 0 saturated carbocycles. The summed E-state index contributed by atoms with van der Waals surface area (Å²) in [6.45, 7) is 2.45. The van der Waals surface area contributed by atoms with Gasteiger partial charge in [0.05, 0.1) is 12.8 Å². The zero-order valence-electron chi connectivity index (χ0n) is 10.1. The molecule has 17 heavy (non-hydrogen) atoms. The maximum absolute atomic E-state index is 12.1. The van der Waals surface area contributed by atoms with Gasteiger partial charge in [-0.3, -0.25) is 4.79 Å². The van der Waals surface area contributed by atoms with Crippen molar-refractivity contribution in [1.29, 1.82) is 0 Å². The third kappa shape index (κ3) is 2.77. The standard InChI is InChI=1S/C13H18N2O2/c1-17-12-6-3-2-5-11(12)15-10-4-8-14-9-7-13(15)16/h2-3,5-6,14H,4,7-10H2,1H3. The lowest BCUT2D eigenvalue weighted by molar-refractivity contribution is -0.118. The molecule has 1 aliphatic heterocycles. The average molecular weight is 234 g/mol. The number of nitrogens with one attached hydrogen (secondary N) is 1. The number of nitrogens with zero attached hydrogens (tertiary/aromatic N) is 1. The molecule has 92 valence electrons. The van der Waals surface area contributed by atoms with Gasteiger partial charge in [-0.2, -0.15) is 0 Å². The number of carbonyl (C=O) groups is 1. The number of ether oxygens (including phenoxy) is 1. The Morgan fingerprint density at radius 3 is 2.94 bits per heavy atom. The van der Waals surface area contributed by atoms with E-state index in [4.69, 9.17) is 4.74 Å². The van der Waals surface area contributed by atoms with Crippen molar-refractivity contribution in [2.75, 3.05) is 31.6 Å². The Morgan fingerprint density at radius 2 is 2.12 bits per heavy atom. The molecular formula is C13H18N2O2. The van der Waals surface area contributed by atoms with Crippen LogP contribution in [0, 0.1) is 0 Å². The van der Waals surface area contributed by atoms with Crippen LogP contribution < -0.4 is 15.0 Å². The Labute approximate surface area is 102 Å². The number of amides is 1. The van der Waals surface area contributed by atoms with Gasteiger partial charge in [-0.1, -0.05) is 12.1 Å². The van der Waals surface area contributed by atoms with Crippen molar-refractivity contribution < 1.29 is 9.53 Å². The number of hydrogen-bond donors (Lipinski definition) is 1. The molecule has 1 aliphatic rings. The fourth-order valence-electron chi connectivity index (χ4n) is 2.05. The van der Waals surface area contributed by atoms with Gasteiger partial charge in [0.1, 0.15) is 5.75 Å². The summed E-state index contributed by atoms with van der Waals surface area (Å²) in [4.78, 5) is 13.9. The quantitative estimate of drug-likeness (QED) is 0.841. The van der Waals surface area contributed by atoms with Crippen molar-refractivity contribution in [3.63, 3.8) is 0 Å². The smallest absolute Gasteiger partial charge is 0.228 e. The van der Waals surface area contributed by atoms with Crippen molar-refractivity contribution in [3.8, 4) is 5.75 Å². The fourth-order valence-corrected chi connectivity index (χ4v) is 2.05. The summed E-state index contributed by atoms with van der Waals surface area (Å²) in [6.07, 6.45) is 1.50. The van der Waals surface area contributed by atoms with Gasteiger partial charge in [-0.05, 0) is 25.1 Å². The van der Waals surface area contributed by atoms with Crippen LogP contribution in [0.3, 0.4) is 0 Å². The molecular weight excluding hydrogens is 216 g/mol. The van der Waals surface area contributed by atoms with Gasteiger partial charge >= 0.3 is 0 Å². The van der Waals surface area contributed by atoms with Crippen LogP contribution in [0.1, 0.15) is 12.8 Å². The van der Waals surface area contributed by atoms with E-state index in [0.717, 1.165) is 37.5 Å². The Kier molecular flexibility index (Phi) is 3.98. The molecule has 4 nitrogen and oxygen atoms in total. The van der Waals surface area contributed by atoms with Crippen LogP contribution in [0.4, 0.5) is 5.69 Å². The molecule has 0 spiro atoms. The zero-order chi connectivity index (χ0) is 12.1. The lowest BCUT2D eigenvalue weighted by Crippen LogP contribution is -2.38. The van der Waals surface area contributed by atoms with Crippen molar-refractivity contribution in [2.24, 2.45) is 0 Å². The molecule has 1 heterocycles. The first-order chi connectivity index (χ1) is 8.33. The first-order valence-electron chi connectivity index (χ1n) is 5.97. The molecule has 0 aliphatic carbocycles. The van der Waals surface area contributed by atoms with E-state index in [1.165, 1.54) is 0 Å². The summed E-state index contributed by atoms with van der Waals surface area (Å²) in [5, 5.41) is 3.24. The molecule has 4 heteroatoms. The Hall–Kier alpha value is -1.55. The van der Waals surface area contributed by atoms with E-state index in [-0.39, 0.29) is 5.91 Å². The number of para-hydroxylation sites is 2. The summed E-state index contributed by atoms with van der Waals surface area (Å²) in [5.74, 6) is 0.913. The van der Waals surface area contributed by atoms with Crippen LogP contribution in [-0.2, 0) is 4.79 Å². The second-order valence-corrected chi connectivity index (χ2v) is 4.07. The molecule has 0 aromatic heterocycles. The van der Waals surface area contributed by atoms with Crippen LogP contribution in [0.25, 0.3) is 0 Å².